The molecule has 0 bridgehead atoms. The van der Waals surface area contributed by atoms with E-state index in [1.807, 2.05) is 30.3 Å². The number of anilines is 2. The summed E-state index contributed by atoms with van der Waals surface area (Å²) in [7, 11) is 0. The fourth-order valence-corrected chi connectivity index (χ4v) is 3.03. The van der Waals surface area contributed by atoms with Crippen molar-refractivity contribution in [2.24, 2.45) is 0 Å². The van der Waals surface area contributed by atoms with Gasteiger partial charge in [0, 0.05) is 17.4 Å². The largest absolute Gasteiger partial charge is 0.332 e. The predicted molar refractivity (Wildman–Crippen MR) is 122 cm³/mol. The Bertz CT molecular complexity index is 1140. The van der Waals surface area contributed by atoms with Gasteiger partial charge >= 0.3 is 0 Å². The minimum Gasteiger partial charge on any atom is -0.332 e. The Morgan fingerprint density at radius 2 is 1.52 bits per heavy atom. The van der Waals surface area contributed by atoms with Crippen molar-refractivity contribution in [3.05, 3.63) is 100 Å². The highest BCUT2D eigenvalue weighted by Gasteiger charge is 2.19. The number of carbonyl (C=O) groups is 2. The minimum absolute atomic E-state index is 0.0316. The molecule has 0 aromatic heterocycles. The number of hydrogen-bond donors (Lipinski definition) is 3. The van der Waals surface area contributed by atoms with E-state index in [4.69, 9.17) is 12.2 Å². The van der Waals surface area contributed by atoms with Crippen LogP contribution >= 0.6 is 12.2 Å². The van der Waals surface area contributed by atoms with Crippen LogP contribution in [0.5, 0.6) is 0 Å². The molecular formula is C22H18N4O4S. The topological polar surface area (TPSA) is 113 Å². The molecule has 9 heteroatoms. The molecule has 8 nitrogen and oxygen atoms in total. The Morgan fingerprint density at radius 1 is 0.871 bits per heavy atom. The molecule has 0 aliphatic rings. The summed E-state index contributed by atoms with van der Waals surface area (Å²) in [6.45, 7) is 0. The third-order valence-electron chi connectivity index (χ3n) is 4.18. The Kier molecular flexibility index (Phi) is 7.02. The number of para-hydroxylation sites is 1. The average Bonchev–Trinajstić information content (AvgIpc) is 2.74. The van der Waals surface area contributed by atoms with Gasteiger partial charge in [0.2, 0.25) is 5.91 Å². The zero-order valence-electron chi connectivity index (χ0n) is 16.2. The van der Waals surface area contributed by atoms with E-state index in [2.05, 4.69) is 16.0 Å². The monoisotopic (exact) mass is 434 g/mol. The maximum Gasteiger partial charge on any atom is 0.282 e. The summed E-state index contributed by atoms with van der Waals surface area (Å²) in [6.07, 6.45) is 0.239. The number of amides is 2. The molecule has 0 radical (unpaired) electrons. The zero-order valence-corrected chi connectivity index (χ0v) is 17.0. The number of nitro benzene ring substituents is 1. The number of rotatable bonds is 6. The highest BCUT2D eigenvalue weighted by atomic mass is 32.1. The molecule has 3 aromatic rings. The summed E-state index contributed by atoms with van der Waals surface area (Å²) >= 11 is 5.14. The van der Waals surface area contributed by atoms with Gasteiger partial charge < -0.3 is 10.6 Å². The van der Waals surface area contributed by atoms with Gasteiger partial charge in [0.05, 0.1) is 11.3 Å². The van der Waals surface area contributed by atoms with E-state index >= 15 is 0 Å². The number of nitrogens with zero attached hydrogens (tertiary/aromatic N) is 1. The quantitative estimate of drug-likeness (QED) is 0.308. The molecular weight excluding hydrogens is 416 g/mol. The van der Waals surface area contributed by atoms with E-state index in [9.17, 15) is 19.7 Å². The third kappa shape index (κ3) is 6.18. The number of hydrogen-bond acceptors (Lipinski definition) is 5. The van der Waals surface area contributed by atoms with Crippen LogP contribution in [0.2, 0.25) is 0 Å². The number of carbonyl (C=O) groups excluding carboxylic acids is 2. The molecule has 0 heterocycles. The first-order valence-electron chi connectivity index (χ1n) is 9.22. The third-order valence-corrected chi connectivity index (χ3v) is 4.39. The van der Waals surface area contributed by atoms with Crippen molar-refractivity contribution in [1.82, 2.24) is 5.32 Å². The van der Waals surface area contributed by atoms with Crippen LogP contribution in [0.3, 0.4) is 0 Å². The maximum atomic E-state index is 12.4. The smallest absolute Gasteiger partial charge is 0.282 e. The van der Waals surface area contributed by atoms with Gasteiger partial charge in [-0.05, 0) is 42.0 Å². The fourth-order valence-electron chi connectivity index (χ4n) is 2.82. The number of thiocarbonyl (C=S) groups is 1. The van der Waals surface area contributed by atoms with Crippen LogP contribution in [0.1, 0.15) is 15.9 Å². The second kappa shape index (κ2) is 10.1. The summed E-state index contributed by atoms with van der Waals surface area (Å²) in [5.74, 6) is -0.868. The summed E-state index contributed by atoms with van der Waals surface area (Å²) in [6, 6.07) is 21.8. The second-order valence-electron chi connectivity index (χ2n) is 6.47. The Balaban J connectivity index is 1.60. The zero-order chi connectivity index (χ0) is 22.2. The van der Waals surface area contributed by atoms with Gasteiger partial charge in [0.15, 0.2) is 5.11 Å². The van der Waals surface area contributed by atoms with Crippen LogP contribution in [0, 0.1) is 10.1 Å². The molecule has 0 fully saturated rings. The fraction of sp³-hybridized carbons (Fsp3) is 0.0455. The molecule has 0 saturated carbocycles. The van der Waals surface area contributed by atoms with E-state index in [0.717, 1.165) is 5.56 Å². The molecule has 0 aliphatic heterocycles. The van der Waals surface area contributed by atoms with Gasteiger partial charge in [-0.2, -0.15) is 0 Å². The lowest BCUT2D eigenvalue weighted by atomic mass is 10.1. The molecule has 3 N–H and O–H groups in total. The van der Waals surface area contributed by atoms with Gasteiger partial charge in [-0.15, -0.1) is 0 Å². The molecule has 0 atom stereocenters. The summed E-state index contributed by atoms with van der Waals surface area (Å²) in [5, 5.41) is 19.1. The first-order valence-corrected chi connectivity index (χ1v) is 9.63. The molecule has 3 rings (SSSR count). The van der Waals surface area contributed by atoms with Crippen molar-refractivity contribution in [3.8, 4) is 0 Å². The summed E-state index contributed by atoms with van der Waals surface area (Å²) in [4.78, 5) is 35.0. The van der Waals surface area contributed by atoms with Crippen LogP contribution in [-0.4, -0.2) is 21.9 Å². The van der Waals surface area contributed by atoms with E-state index in [-0.39, 0.29) is 28.7 Å². The van der Waals surface area contributed by atoms with Crippen molar-refractivity contribution in [1.29, 1.82) is 0 Å². The van der Waals surface area contributed by atoms with E-state index in [1.165, 1.54) is 24.3 Å². The normalized spacial score (nSPS) is 10.1. The number of benzene rings is 3. The van der Waals surface area contributed by atoms with E-state index in [1.54, 1.807) is 24.3 Å². The van der Waals surface area contributed by atoms with Crippen LogP contribution in [0.15, 0.2) is 78.9 Å². The van der Waals surface area contributed by atoms with Crippen molar-refractivity contribution < 1.29 is 14.5 Å². The van der Waals surface area contributed by atoms with E-state index < -0.39 is 10.8 Å². The first kappa shape index (κ1) is 21.6. The van der Waals surface area contributed by atoms with Crippen LogP contribution in [-0.2, 0) is 11.2 Å². The summed E-state index contributed by atoms with van der Waals surface area (Å²) in [5.41, 5.74) is 1.57. The number of nitrogens with one attached hydrogen (secondary N) is 3. The molecule has 0 spiro atoms. The van der Waals surface area contributed by atoms with Gasteiger partial charge in [-0.3, -0.25) is 25.0 Å². The van der Waals surface area contributed by atoms with Gasteiger partial charge in [-0.25, -0.2) is 0 Å². The van der Waals surface area contributed by atoms with Crippen LogP contribution < -0.4 is 16.0 Å². The molecule has 0 aliphatic carbocycles. The van der Waals surface area contributed by atoms with Crippen molar-refractivity contribution in [2.75, 3.05) is 10.6 Å². The SMILES string of the molecule is O=C(Cc1ccccc1)Nc1cccc(NC(=S)NC(=O)c2ccccc2[N+](=O)[O-])c1. The lowest BCUT2D eigenvalue weighted by Gasteiger charge is -2.11. The highest BCUT2D eigenvalue weighted by molar-refractivity contribution is 7.80. The maximum absolute atomic E-state index is 12.4. The molecule has 156 valence electrons. The lowest BCUT2D eigenvalue weighted by Crippen LogP contribution is -2.34. The standard InChI is InChI=1S/C22H18N4O4S/c27-20(13-15-7-2-1-3-8-15)23-16-9-6-10-17(14-16)24-22(31)25-21(28)18-11-4-5-12-19(18)26(29)30/h1-12,14H,13H2,(H,23,27)(H2,24,25,28,31). The van der Waals surface area contributed by atoms with E-state index in [0.29, 0.717) is 11.4 Å². The average molecular weight is 434 g/mol. The van der Waals surface area contributed by atoms with Gasteiger partial charge in [-0.1, -0.05) is 48.5 Å². The van der Waals surface area contributed by atoms with Crippen LogP contribution in [0.25, 0.3) is 0 Å². The number of nitro groups is 1. The van der Waals surface area contributed by atoms with Crippen molar-refractivity contribution in [2.45, 2.75) is 6.42 Å². The summed E-state index contributed by atoms with van der Waals surface area (Å²) < 4.78 is 0. The lowest BCUT2D eigenvalue weighted by molar-refractivity contribution is -0.385. The Morgan fingerprint density at radius 3 is 2.23 bits per heavy atom. The molecule has 3 aromatic carbocycles. The molecule has 2 amide bonds. The van der Waals surface area contributed by atoms with Crippen molar-refractivity contribution in [3.63, 3.8) is 0 Å². The van der Waals surface area contributed by atoms with Gasteiger partial charge in [0.1, 0.15) is 5.56 Å². The van der Waals surface area contributed by atoms with Gasteiger partial charge in [0.25, 0.3) is 11.6 Å². The Labute approximate surface area is 183 Å². The molecule has 31 heavy (non-hydrogen) atoms. The predicted octanol–water partition coefficient (Wildman–Crippen LogP) is 3.90. The van der Waals surface area contributed by atoms with Crippen LogP contribution in [0.4, 0.5) is 17.1 Å². The Hall–Kier alpha value is -4.11. The molecule has 0 unspecified atom stereocenters. The minimum atomic E-state index is -0.697. The molecule has 0 saturated heterocycles. The van der Waals surface area contributed by atoms with Crippen molar-refractivity contribution >= 4 is 46.2 Å². The highest BCUT2D eigenvalue weighted by Crippen LogP contribution is 2.18. The first-order chi connectivity index (χ1) is 14.9. The second-order valence-corrected chi connectivity index (χ2v) is 6.88.